The third-order valence-corrected chi connectivity index (χ3v) is 8.35. The Balaban J connectivity index is 1.34. The van der Waals surface area contributed by atoms with E-state index in [-0.39, 0.29) is 47.7 Å². The van der Waals surface area contributed by atoms with Gasteiger partial charge in [-0.1, -0.05) is 31.2 Å². The molecule has 2 amide bonds. The summed E-state index contributed by atoms with van der Waals surface area (Å²) in [4.78, 5) is 29.2. The fraction of sp³-hybridized carbons (Fsp3) is 0.483. The first kappa shape index (κ1) is 24.5. The zero-order valence-corrected chi connectivity index (χ0v) is 20.8. The molecule has 1 aliphatic heterocycles. The smallest absolute Gasteiger partial charge is 0.407 e. The van der Waals surface area contributed by atoms with Gasteiger partial charge in [-0.05, 0) is 86.1 Å². The second-order valence-electron chi connectivity index (χ2n) is 10.4. The Morgan fingerprint density at radius 3 is 2.83 bits per heavy atom. The molecule has 7 heteroatoms. The van der Waals surface area contributed by atoms with Crippen LogP contribution in [0.15, 0.2) is 48.7 Å². The van der Waals surface area contributed by atoms with Crippen molar-refractivity contribution in [3.63, 3.8) is 0 Å². The lowest BCUT2D eigenvalue weighted by atomic mass is 9.58. The number of hydrogen-bond donors (Lipinski definition) is 2. The minimum Gasteiger partial charge on any atom is -0.450 e. The minimum absolute atomic E-state index is 0.0238. The highest BCUT2D eigenvalue weighted by atomic mass is 19.1. The van der Waals surface area contributed by atoms with Crippen molar-refractivity contribution in [3.05, 3.63) is 60.2 Å². The van der Waals surface area contributed by atoms with Crippen LogP contribution in [-0.4, -0.2) is 35.7 Å². The van der Waals surface area contributed by atoms with E-state index in [1.165, 1.54) is 12.1 Å². The molecule has 2 saturated carbocycles. The summed E-state index contributed by atoms with van der Waals surface area (Å²) >= 11 is 0. The predicted octanol–water partition coefficient (Wildman–Crippen LogP) is 5.20. The largest absolute Gasteiger partial charge is 0.450 e. The van der Waals surface area contributed by atoms with Crippen LogP contribution in [0.2, 0.25) is 0 Å². The lowest BCUT2D eigenvalue weighted by Crippen LogP contribution is -2.50. The topological polar surface area (TPSA) is 80.3 Å². The summed E-state index contributed by atoms with van der Waals surface area (Å²) in [7, 11) is 0. The van der Waals surface area contributed by atoms with Crippen LogP contribution in [0.4, 0.5) is 9.18 Å². The molecule has 0 radical (unpaired) electrons. The summed E-state index contributed by atoms with van der Waals surface area (Å²) in [5.74, 6) is 1.26. The molecule has 2 aliphatic carbocycles. The molecule has 190 valence electrons. The lowest BCUT2D eigenvalue weighted by molar-refractivity contribution is -0.122. The van der Waals surface area contributed by atoms with Crippen LogP contribution < -0.4 is 10.6 Å². The van der Waals surface area contributed by atoms with Gasteiger partial charge in [-0.3, -0.25) is 9.78 Å². The van der Waals surface area contributed by atoms with Crippen molar-refractivity contribution >= 4 is 18.1 Å². The van der Waals surface area contributed by atoms with Crippen LogP contribution in [0.3, 0.4) is 0 Å². The number of allylic oxidation sites excluding steroid dienone is 1. The van der Waals surface area contributed by atoms with E-state index in [4.69, 9.17) is 4.74 Å². The van der Waals surface area contributed by atoms with Crippen molar-refractivity contribution in [1.29, 1.82) is 0 Å². The van der Waals surface area contributed by atoms with E-state index in [9.17, 15) is 14.0 Å². The highest BCUT2D eigenvalue weighted by Crippen LogP contribution is 2.51. The molecule has 2 N–H and O–H groups in total. The summed E-state index contributed by atoms with van der Waals surface area (Å²) in [5, 5.41) is 6.27. The van der Waals surface area contributed by atoms with E-state index in [0.717, 1.165) is 42.5 Å². The number of halogens is 1. The molecule has 2 heterocycles. The van der Waals surface area contributed by atoms with E-state index >= 15 is 0 Å². The van der Waals surface area contributed by atoms with Gasteiger partial charge in [-0.25, -0.2) is 9.18 Å². The number of pyridine rings is 1. The summed E-state index contributed by atoms with van der Waals surface area (Å²) < 4.78 is 18.7. The van der Waals surface area contributed by atoms with Crippen molar-refractivity contribution < 1.29 is 18.7 Å². The number of benzene rings is 1. The molecule has 6 nitrogen and oxygen atoms in total. The van der Waals surface area contributed by atoms with Crippen LogP contribution in [0, 0.1) is 35.4 Å². The van der Waals surface area contributed by atoms with Crippen molar-refractivity contribution in [3.8, 4) is 11.1 Å². The Morgan fingerprint density at radius 1 is 1.22 bits per heavy atom. The van der Waals surface area contributed by atoms with E-state index < -0.39 is 0 Å². The van der Waals surface area contributed by atoms with Gasteiger partial charge in [-0.2, -0.15) is 0 Å². The number of nitrogens with zero attached hydrogens (tertiary/aromatic N) is 1. The molecule has 0 unspecified atom stereocenters. The maximum Gasteiger partial charge on any atom is 0.407 e. The van der Waals surface area contributed by atoms with Gasteiger partial charge >= 0.3 is 6.09 Å². The lowest BCUT2D eigenvalue weighted by Gasteiger charge is -2.48. The second kappa shape index (κ2) is 10.4. The van der Waals surface area contributed by atoms with Crippen LogP contribution in [0.5, 0.6) is 0 Å². The van der Waals surface area contributed by atoms with Crippen molar-refractivity contribution in [1.82, 2.24) is 15.6 Å². The van der Waals surface area contributed by atoms with Crippen molar-refractivity contribution in [2.45, 2.75) is 51.6 Å². The number of ether oxygens (including phenoxy) is 1. The average molecular weight is 492 g/mol. The zero-order valence-electron chi connectivity index (χ0n) is 20.8. The summed E-state index contributed by atoms with van der Waals surface area (Å²) in [6, 6.07) is 10.7. The van der Waals surface area contributed by atoms with E-state index in [1.54, 1.807) is 12.3 Å². The van der Waals surface area contributed by atoms with Gasteiger partial charge in [0.25, 0.3) is 0 Å². The van der Waals surface area contributed by atoms with Gasteiger partial charge in [0.2, 0.25) is 5.91 Å². The molecule has 36 heavy (non-hydrogen) atoms. The Labute approximate surface area is 211 Å². The third-order valence-electron chi connectivity index (χ3n) is 8.35. The van der Waals surface area contributed by atoms with Gasteiger partial charge in [0.1, 0.15) is 5.82 Å². The number of amides is 2. The molecule has 7 atom stereocenters. The summed E-state index contributed by atoms with van der Waals surface area (Å²) in [5.41, 5.74) is 2.51. The molecule has 2 aromatic rings. The van der Waals surface area contributed by atoms with Gasteiger partial charge in [-0.15, -0.1) is 0 Å². The maximum atomic E-state index is 13.6. The number of alkyl carbamates (subject to hydrolysis) is 1. The molecule has 3 fully saturated rings. The third kappa shape index (κ3) is 5.01. The second-order valence-corrected chi connectivity index (χ2v) is 10.4. The minimum atomic E-state index is -0.346. The number of fused-ring (bicyclic) bond motifs is 2. The number of nitrogens with one attached hydrogen (secondary N) is 2. The fourth-order valence-corrected chi connectivity index (χ4v) is 6.72. The van der Waals surface area contributed by atoms with Gasteiger partial charge in [0, 0.05) is 29.8 Å². The van der Waals surface area contributed by atoms with Gasteiger partial charge in [0.05, 0.1) is 12.3 Å². The molecule has 5 rings (SSSR count). The number of rotatable bonds is 5. The molecular weight excluding hydrogens is 457 g/mol. The molecule has 3 aliphatic rings. The highest BCUT2D eigenvalue weighted by molar-refractivity contribution is 5.81. The number of hydrogen-bond acceptors (Lipinski definition) is 4. The normalized spacial score (nSPS) is 31.4. The molecule has 1 aromatic heterocycles. The van der Waals surface area contributed by atoms with Crippen LogP contribution in [0.25, 0.3) is 17.2 Å². The molecule has 0 spiro atoms. The average Bonchev–Trinajstić information content (AvgIpc) is 3.15. The summed E-state index contributed by atoms with van der Waals surface area (Å²) in [6.07, 6.45) is 9.54. The first-order valence-corrected chi connectivity index (χ1v) is 13.1. The zero-order chi connectivity index (χ0) is 25.2. The molecular formula is C29H34FN3O3. The Bertz CT molecular complexity index is 1130. The van der Waals surface area contributed by atoms with Crippen molar-refractivity contribution in [2.75, 3.05) is 6.61 Å². The van der Waals surface area contributed by atoms with Crippen LogP contribution >= 0.6 is 0 Å². The Morgan fingerprint density at radius 2 is 2.08 bits per heavy atom. The quantitative estimate of drug-likeness (QED) is 0.602. The predicted molar refractivity (Wildman–Crippen MR) is 136 cm³/mol. The SMILES string of the molecule is CCOC(=O)N[C@@H]1CC[C@@H]2[C@@H](C1)C[C@H]1NC(=O)[C@H](C)[C@H]1[C@H]2/C=C/c1ccc(-c2cccc(F)c2)cn1. The van der Waals surface area contributed by atoms with E-state index in [2.05, 4.69) is 27.8 Å². The summed E-state index contributed by atoms with van der Waals surface area (Å²) in [6.45, 7) is 4.21. The standard InChI is InChI=1S/C29H34FN3O3/c1-3-36-29(35)32-23-10-11-24-20(14-23)15-26-27(17(2)28(34)33-26)25(24)12-9-22-8-7-19(16-31-22)18-5-4-6-21(30)13-18/h4-9,12-13,16-17,20,23-27H,3,10-11,14-15H2,1-2H3,(H,32,35)(H,33,34)/b12-9+/t17-,20+,23-,24-,25+,26-,27+/m1/s1. The van der Waals surface area contributed by atoms with Gasteiger partial charge < -0.3 is 15.4 Å². The Hall–Kier alpha value is -3.22. The number of carbonyl (C=O) groups is 2. The van der Waals surface area contributed by atoms with E-state index in [1.807, 2.05) is 32.0 Å². The van der Waals surface area contributed by atoms with E-state index in [0.29, 0.717) is 18.4 Å². The van der Waals surface area contributed by atoms with Crippen molar-refractivity contribution in [2.24, 2.45) is 29.6 Å². The maximum absolute atomic E-state index is 13.6. The Kier molecular flexibility index (Phi) is 7.08. The number of aromatic nitrogens is 1. The highest BCUT2D eigenvalue weighted by Gasteiger charge is 2.52. The molecule has 1 saturated heterocycles. The van der Waals surface area contributed by atoms with Gasteiger partial charge in [0.15, 0.2) is 0 Å². The molecule has 1 aromatic carbocycles. The monoisotopic (exact) mass is 491 g/mol. The number of carbonyl (C=O) groups excluding carboxylic acids is 2. The van der Waals surface area contributed by atoms with Crippen LogP contribution in [-0.2, 0) is 9.53 Å². The fourth-order valence-electron chi connectivity index (χ4n) is 6.72. The molecule has 0 bridgehead atoms. The first-order chi connectivity index (χ1) is 17.4. The first-order valence-electron chi connectivity index (χ1n) is 13.1. The van der Waals surface area contributed by atoms with Crippen LogP contribution in [0.1, 0.15) is 45.2 Å².